The lowest BCUT2D eigenvalue weighted by Gasteiger charge is -2.16. The standard InChI is InChI=1S/C14H15BrClNO2S2/c1-17(8-14-6-13(15)9-20-14)21(18,19)10-12-4-2-3-11(5-12)7-16/h2-6,9H,7-8,10H2,1H3. The predicted octanol–water partition coefficient (Wildman–Crippen LogP) is 4.21. The third kappa shape index (κ3) is 4.79. The zero-order valence-corrected chi connectivity index (χ0v) is 15.4. The number of benzene rings is 1. The lowest BCUT2D eigenvalue weighted by Crippen LogP contribution is -2.27. The van der Waals surface area contributed by atoms with Gasteiger partial charge in [-0.25, -0.2) is 8.42 Å². The summed E-state index contributed by atoms with van der Waals surface area (Å²) in [6.07, 6.45) is 0. The van der Waals surface area contributed by atoms with Crippen molar-refractivity contribution in [1.82, 2.24) is 4.31 Å². The molecule has 1 aromatic carbocycles. The Morgan fingerprint density at radius 3 is 2.62 bits per heavy atom. The molecule has 0 aliphatic carbocycles. The van der Waals surface area contributed by atoms with Crippen LogP contribution in [0.1, 0.15) is 16.0 Å². The predicted molar refractivity (Wildman–Crippen MR) is 92.1 cm³/mol. The van der Waals surface area contributed by atoms with E-state index in [0.717, 1.165) is 20.5 Å². The quantitative estimate of drug-likeness (QED) is 0.671. The summed E-state index contributed by atoms with van der Waals surface area (Å²) in [6.45, 7) is 0.383. The Morgan fingerprint density at radius 2 is 2.00 bits per heavy atom. The maximum Gasteiger partial charge on any atom is 0.218 e. The number of hydrogen-bond acceptors (Lipinski definition) is 3. The average molecular weight is 409 g/mol. The normalized spacial score (nSPS) is 12.0. The summed E-state index contributed by atoms with van der Waals surface area (Å²) in [5.74, 6) is 0.369. The van der Waals surface area contributed by atoms with E-state index in [1.54, 1.807) is 7.05 Å². The van der Waals surface area contributed by atoms with E-state index in [9.17, 15) is 8.42 Å². The van der Waals surface area contributed by atoms with Crippen LogP contribution in [0.25, 0.3) is 0 Å². The summed E-state index contributed by atoms with van der Waals surface area (Å²) in [6, 6.07) is 9.29. The van der Waals surface area contributed by atoms with Crippen molar-refractivity contribution in [2.24, 2.45) is 0 Å². The summed E-state index contributed by atoms with van der Waals surface area (Å²) in [5, 5.41) is 1.94. The number of rotatable bonds is 6. The molecule has 0 radical (unpaired) electrons. The third-order valence-corrected chi connectivity index (χ3v) is 6.74. The molecule has 0 saturated heterocycles. The molecule has 1 aromatic heterocycles. The number of sulfonamides is 1. The molecule has 1 heterocycles. The lowest BCUT2D eigenvalue weighted by molar-refractivity contribution is 0.469. The molecular formula is C14H15BrClNO2S2. The summed E-state index contributed by atoms with van der Waals surface area (Å²) in [7, 11) is -1.74. The van der Waals surface area contributed by atoms with Gasteiger partial charge in [0.15, 0.2) is 0 Å². The molecule has 114 valence electrons. The number of thiophene rings is 1. The van der Waals surface area contributed by atoms with Crippen molar-refractivity contribution in [2.45, 2.75) is 18.2 Å². The number of hydrogen-bond donors (Lipinski definition) is 0. The highest BCUT2D eigenvalue weighted by Crippen LogP contribution is 2.22. The SMILES string of the molecule is CN(Cc1cc(Br)cs1)S(=O)(=O)Cc1cccc(CCl)c1. The van der Waals surface area contributed by atoms with Crippen LogP contribution in [-0.2, 0) is 28.2 Å². The molecule has 0 bridgehead atoms. The van der Waals surface area contributed by atoms with Gasteiger partial charge in [0.2, 0.25) is 10.0 Å². The highest BCUT2D eigenvalue weighted by atomic mass is 79.9. The van der Waals surface area contributed by atoms with Crippen LogP contribution in [0.2, 0.25) is 0 Å². The molecule has 0 unspecified atom stereocenters. The van der Waals surface area contributed by atoms with Crippen molar-refractivity contribution < 1.29 is 8.42 Å². The van der Waals surface area contributed by atoms with E-state index in [-0.39, 0.29) is 5.75 Å². The van der Waals surface area contributed by atoms with Crippen LogP contribution in [0.15, 0.2) is 40.2 Å². The minimum Gasteiger partial charge on any atom is -0.212 e. The second-order valence-electron chi connectivity index (χ2n) is 4.70. The van der Waals surface area contributed by atoms with Crippen LogP contribution in [0.3, 0.4) is 0 Å². The van der Waals surface area contributed by atoms with E-state index >= 15 is 0 Å². The first-order valence-electron chi connectivity index (χ1n) is 6.21. The van der Waals surface area contributed by atoms with Crippen molar-refractivity contribution in [3.05, 3.63) is 56.2 Å². The zero-order chi connectivity index (χ0) is 15.5. The van der Waals surface area contributed by atoms with Crippen molar-refractivity contribution >= 4 is 48.9 Å². The van der Waals surface area contributed by atoms with Crippen molar-refractivity contribution in [3.8, 4) is 0 Å². The first-order chi connectivity index (χ1) is 9.90. The molecule has 0 aliphatic rings. The van der Waals surface area contributed by atoms with E-state index in [4.69, 9.17) is 11.6 Å². The van der Waals surface area contributed by atoms with Crippen LogP contribution in [0, 0.1) is 0 Å². The maximum atomic E-state index is 12.4. The highest BCUT2D eigenvalue weighted by Gasteiger charge is 2.19. The number of alkyl halides is 1. The molecule has 2 aromatic rings. The Kier molecular flexibility index (Phi) is 5.85. The van der Waals surface area contributed by atoms with Crippen molar-refractivity contribution in [2.75, 3.05) is 7.05 Å². The smallest absolute Gasteiger partial charge is 0.212 e. The van der Waals surface area contributed by atoms with Crippen LogP contribution < -0.4 is 0 Å². The van der Waals surface area contributed by atoms with Gasteiger partial charge in [0.1, 0.15) is 0 Å². The van der Waals surface area contributed by atoms with E-state index in [1.165, 1.54) is 15.6 Å². The molecule has 0 saturated carbocycles. The van der Waals surface area contributed by atoms with Crippen LogP contribution in [0.4, 0.5) is 0 Å². The molecule has 2 rings (SSSR count). The van der Waals surface area contributed by atoms with E-state index in [1.807, 2.05) is 35.7 Å². The largest absolute Gasteiger partial charge is 0.218 e. The monoisotopic (exact) mass is 407 g/mol. The molecule has 0 aliphatic heterocycles. The minimum absolute atomic E-state index is 0.0131. The Bertz CT molecular complexity index is 715. The van der Waals surface area contributed by atoms with Gasteiger partial charge in [-0.3, -0.25) is 0 Å². The second-order valence-corrected chi connectivity index (χ2v) is 8.95. The molecule has 3 nitrogen and oxygen atoms in total. The van der Waals surface area contributed by atoms with E-state index < -0.39 is 10.0 Å². The van der Waals surface area contributed by atoms with Gasteiger partial charge in [-0.15, -0.1) is 22.9 Å². The Hall–Kier alpha value is -0.400. The summed E-state index contributed by atoms with van der Waals surface area (Å²) in [4.78, 5) is 1.00. The first kappa shape index (κ1) is 17.0. The van der Waals surface area contributed by atoms with Crippen LogP contribution in [0.5, 0.6) is 0 Å². The van der Waals surface area contributed by atoms with Gasteiger partial charge >= 0.3 is 0 Å². The molecule has 0 amide bonds. The highest BCUT2D eigenvalue weighted by molar-refractivity contribution is 9.10. The summed E-state index contributed by atoms with van der Waals surface area (Å²) < 4.78 is 27.2. The van der Waals surface area contributed by atoms with Gasteiger partial charge in [-0.2, -0.15) is 4.31 Å². The molecule has 21 heavy (non-hydrogen) atoms. The molecule has 0 spiro atoms. The van der Waals surface area contributed by atoms with Crippen molar-refractivity contribution in [3.63, 3.8) is 0 Å². The van der Waals surface area contributed by atoms with Crippen molar-refractivity contribution in [1.29, 1.82) is 0 Å². The van der Waals surface area contributed by atoms with Crippen LogP contribution in [-0.4, -0.2) is 19.8 Å². The Labute approximate surface area is 142 Å². The van der Waals surface area contributed by atoms with Crippen LogP contribution >= 0.6 is 38.9 Å². The van der Waals surface area contributed by atoms with Gasteiger partial charge in [0.05, 0.1) is 5.75 Å². The maximum absolute atomic E-state index is 12.4. The van der Waals surface area contributed by atoms with E-state index in [0.29, 0.717) is 12.4 Å². The van der Waals surface area contributed by atoms with Gasteiger partial charge in [0.25, 0.3) is 0 Å². The topological polar surface area (TPSA) is 37.4 Å². The number of halogens is 2. The number of nitrogens with zero attached hydrogens (tertiary/aromatic N) is 1. The van der Waals surface area contributed by atoms with E-state index in [2.05, 4.69) is 15.9 Å². The molecule has 0 atom stereocenters. The average Bonchev–Trinajstić information content (AvgIpc) is 2.83. The third-order valence-electron chi connectivity index (χ3n) is 2.97. The molecule has 0 fully saturated rings. The first-order valence-corrected chi connectivity index (χ1v) is 10.0. The fourth-order valence-corrected chi connectivity index (χ4v) is 4.79. The second kappa shape index (κ2) is 7.24. The molecule has 7 heteroatoms. The molecular weight excluding hydrogens is 394 g/mol. The fraction of sp³-hybridized carbons (Fsp3) is 0.286. The Morgan fingerprint density at radius 1 is 1.29 bits per heavy atom. The van der Waals surface area contributed by atoms with Gasteiger partial charge in [-0.05, 0) is 33.1 Å². The minimum atomic E-state index is -3.35. The lowest BCUT2D eigenvalue weighted by atomic mass is 10.2. The van der Waals surface area contributed by atoms with Gasteiger partial charge in [0, 0.05) is 34.2 Å². The molecule has 0 N–H and O–H groups in total. The zero-order valence-electron chi connectivity index (χ0n) is 11.4. The van der Waals surface area contributed by atoms with Gasteiger partial charge in [-0.1, -0.05) is 24.3 Å². The Balaban J connectivity index is 2.09. The van der Waals surface area contributed by atoms with Gasteiger partial charge < -0.3 is 0 Å². The fourth-order valence-electron chi connectivity index (χ4n) is 1.88. The summed E-state index contributed by atoms with van der Waals surface area (Å²) >= 11 is 10.7. The summed E-state index contributed by atoms with van der Waals surface area (Å²) in [5.41, 5.74) is 1.68.